The molecule has 2 aromatic rings. The number of hydrogen-bond donors (Lipinski definition) is 1. The minimum Gasteiger partial charge on any atom is -0.497 e. The maximum Gasteiger partial charge on any atom is 0.243 e. The highest BCUT2D eigenvalue weighted by Gasteiger charge is 2.22. The van der Waals surface area contributed by atoms with E-state index in [0.717, 1.165) is 5.56 Å². The topological polar surface area (TPSA) is 84.9 Å². The number of methoxy groups -OCH3 is 2. The molecule has 140 valence electrons. The first-order chi connectivity index (χ1) is 12.3. The van der Waals surface area contributed by atoms with E-state index in [1.54, 1.807) is 25.3 Å². The molecular weight excluding hydrogens is 356 g/mol. The number of hydrogen-bond acceptors (Lipinski definition) is 5. The van der Waals surface area contributed by atoms with Crippen molar-refractivity contribution >= 4 is 21.6 Å². The van der Waals surface area contributed by atoms with Crippen molar-refractivity contribution in [3.8, 4) is 11.5 Å². The Bertz CT molecular complexity index is 896. The number of benzene rings is 2. The molecule has 1 amide bonds. The van der Waals surface area contributed by atoms with Gasteiger partial charge in [-0.1, -0.05) is 12.1 Å². The van der Waals surface area contributed by atoms with Gasteiger partial charge in [-0.25, -0.2) is 8.42 Å². The van der Waals surface area contributed by atoms with Crippen molar-refractivity contribution in [2.75, 3.05) is 26.6 Å². The van der Waals surface area contributed by atoms with E-state index in [1.807, 2.05) is 6.07 Å². The Morgan fingerprint density at radius 2 is 1.85 bits per heavy atom. The van der Waals surface area contributed by atoms with Gasteiger partial charge in [-0.05, 0) is 35.9 Å². The fourth-order valence-electron chi connectivity index (χ4n) is 2.43. The van der Waals surface area contributed by atoms with Gasteiger partial charge in [0.05, 0.1) is 24.8 Å². The van der Waals surface area contributed by atoms with Crippen LogP contribution in [0, 0.1) is 0 Å². The Morgan fingerprint density at radius 1 is 1.12 bits per heavy atom. The van der Waals surface area contributed by atoms with Crippen LogP contribution in [-0.4, -0.2) is 39.9 Å². The summed E-state index contributed by atoms with van der Waals surface area (Å²) in [5.74, 6) is 0.725. The second-order valence-corrected chi connectivity index (χ2v) is 7.70. The number of nitrogens with zero attached hydrogens (tertiary/aromatic N) is 1. The molecule has 0 fully saturated rings. The second-order valence-electron chi connectivity index (χ2n) is 5.66. The largest absolute Gasteiger partial charge is 0.497 e. The number of carbonyl (C=O) groups excluding carboxylic acids is 1. The van der Waals surface area contributed by atoms with E-state index in [9.17, 15) is 13.2 Å². The summed E-state index contributed by atoms with van der Waals surface area (Å²) in [5.41, 5.74) is 1.10. The van der Waals surface area contributed by atoms with Crippen LogP contribution in [0.15, 0.2) is 47.4 Å². The van der Waals surface area contributed by atoms with Gasteiger partial charge in [0.2, 0.25) is 15.9 Å². The van der Waals surface area contributed by atoms with Crippen molar-refractivity contribution < 1.29 is 22.7 Å². The monoisotopic (exact) mass is 378 g/mol. The smallest absolute Gasteiger partial charge is 0.243 e. The van der Waals surface area contributed by atoms with Gasteiger partial charge >= 0.3 is 0 Å². The summed E-state index contributed by atoms with van der Waals surface area (Å²) in [6.07, 6.45) is 0. The van der Waals surface area contributed by atoms with Crippen molar-refractivity contribution in [3.63, 3.8) is 0 Å². The van der Waals surface area contributed by atoms with Crippen LogP contribution in [0.3, 0.4) is 0 Å². The molecule has 8 heteroatoms. The van der Waals surface area contributed by atoms with E-state index in [-0.39, 0.29) is 17.3 Å². The van der Waals surface area contributed by atoms with E-state index < -0.39 is 10.0 Å². The molecule has 2 aromatic carbocycles. The molecule has 0 unspecified atom stereocenters. The molecule has 0 bridgehead atoms. The minimum atomic E-state index is -3.75. The van der Waals surface area contributed by atoms with Crippen LogP contribution in [0.2, 0.25) is 0 Å². The first-order valence-electron chi connectivity index (χ1n) is 7.83. The SMILES string of the molecule is COc1cccc(CN(C)S(=O)(=O)c2ccc(OC)c(NC(C)=O)c2)c1. The second kappa shape index (κ2) is 8.20. The maximum atomic E-state index is 12.9. The molecule has 0 aliphatic heterocycles. The third-order valence-electron chi connectivity index (χ3n) is 3.73. The molecular formula is C18H22N2O5S. The Labute approximate surface area is 153 Å². The van der Waals surface area contributed by atoms with Gasteiger partial charge in [0, 0.05) is 20.5 Å². The van der Waals surface area contributed by atoms with Gasteiger partial charge in [0.25, 0.3) is 0 Å². The molecule has 0 saturated heterocycles. The predicted molar refractivity (Wildman–Crippen MR) is 98.9 cm³/mol. The number of amides is 1. The summed E-state index contributed by atoms with van der Waals surface area (Å²) in [6.45, 7) is 1.52. The highest BCUT2D eigenvalue weighted by molar-refractivity contribution is 7.89. The lowest BCUT2D eigenvalue weighted by Crippen LogP contribution is -2.26. The summed E-state index contributed by atoms with van der Waals surface area (Å²) in [5, 5.41) is 2.58. The number of sulfonamides is 1. The van der Waals surface area contributed by atoms with Crippen LogP contribution in [0.5, 0.6) is 11.5 Å². The van der Waals surface area contributed by atoms with Gasteiger partial charge in [-0.3, -0.25) is 4.79 Å². The highest BCUT2D eigenvalue weighted by atomic mass is 32.2. The van der Waals surface area contributed by atoms with Crippen molar-refractivity contribution in [3.05, 3.63) is 48.0 Å². The molecule has 7 nitrogen and oxygen atoms in total. The quantitative estimate of drug-likeness (QED) is 0.800. The molecule has 1 N–H and O–H groups in total. The zero-order valence-corrected chi connectivity index (χ0v) is 16.0. The number of carbonyl (C=O) groups is 1. The fraction of sp³-hybridized carbons (Fsp3) is 0.278. The van der Waals surface area contributed by atoms with Gasteiger partial charge in [-0.15, -0.1) is 0 Å². The summed E-state index contributed by atoms with van der Waals surface area (Å²) in [4.78, 5) is 11.4. The normalized spacial score (nSPS) is 11.3. The molecule has 0 saturated carbocycles. The van der Waals surface area contributed by atoms with Crippen molar-refractivity contribution in [2.24, 2.45) is 0 Å². The number of anilines is 1. The van der Waals surface area contributed by atoms with Gasteiger partial charge in [0.1, 0.15) is 11.5 Å². The number of nitrogens with one attached hydrogen (secondary N) is 1. The van der Waals surface area contributed by atoms with Crippen LogP contribution < -0.4 is 14.8 Å². The van der Waals surface area contributed by atoms with Crippen LogP contribution in [0.4, 0.5) is 5.69 Å². The molecule has 0 spiro atoms. The lowest BCUT2D eigenvalue weighted by Gasteiger charge is -2.19. The highest BCUT2D eigenvalue weighted by Crippen LogP contribution is 2.29. The zero-order valence-electron chi connectivity index (χ0n) is 15.1. The third-order valence-corrected chi connectivity index (χ3v) is 5.53. The van der Waals surface area contributed by atoms with Gasteiger partial charge < -0.3 is 14.8 Å². The first-order valence-corrected chi connectivity index (χ1v) is 9.27. The van der Waals surface area contributed by atoms with Gasteiger partial charge in [-0.2, -0.15) is 4.31 Å². The molecule has 0 aliphatic carbocycles. The maximum absolute atomic E-state index is 12.9. The lowest BCUT2D eigenvalue weighted by molar-refractivity contribution is -0.114. The lowest BCUT2D eigenvalue weighted by atomic mass is 10.2. The van der Waals surface area contributed by atoms with Crippen LogP contribution in [-0.2, 0) is 21.4 Å². The summed E-state index contributed by atoms with van der Waals surface area (Å²) < 4.78 is 37.3. The van der Waals surface area contributed by atoms with E-state index in [2.05, 4.69) is 5.32 Å². The number of rotatable bonds is 7. The van der Waals surface area contributed by atoms with Crippen LogP contribution in [0.25, 0.3) is 0 Å². The molecule has 0 atom stereocenters. The van der Waals surface area contributed by atoms with Crippen LogP contribution >= 0.6 is 0 Å². The zero-order chi connectivity index (χ0) is 19.3. The van der Waals surface area contributed by atoms with Crippen molar-refractivity contribution in [2.45, 2.75) is 18.4 Å². The van der Waals surface area contributed by atoms with Crippen LogP contribution in [0.1, 0.15) is 12.5 Å². The molecule has 0 heterocycles. The Balaban J connectivity index is 2.31. The first kappa shape index (κ1) is 19.7. The Hall–Kier alpha value is -2.58. The Kier molecular flexibility index (Phi) is 6.23. The van der Waals surface area contributed by atoms with Gasteiger partial charge in [0.15, 0.2) is 0 Å². The Morgan fingerprint density at radius 3 is 2.46 bits per heavy atom. The van der Waals surface area contributed by atoms with E-state index in [0.29, 0.717) is 17.2 Å². The molecule has 26 heavy (non-hydrogen) atoms. The van der Waals surface area contributed by atoms with E-state index >= 15 is 0 Å². The summed E-state index contributed by atoms with van der Waals surface area (Å²) in [6, 6.07) is 11.5. The summed E-state index contributed by atoms with van der Waals surface area (Å²) in [7, 11) is 0.747. The minimum absolute atomic E-state index is 0.0625. The van der Waals surface area contributed by atoms with Crippen molar-refractivity contribution in [1.29, 1.82) is 0 Å². The predicted octanol–water partition coefficient (Wildman–Crippen LogP) is 2.48. The standard InChI is InChI=1S/C18H22N2O5S/c1-13(21)19-17-11-16(8-9-18(17)25-4)26(22,23)20(2)12-14-6-5-7-15(10-14)24-3/h5-11H,12H2,1-4H3,(H,19,21). The molecule has 0 aliphatic rings. The summed E-state index contributed by atoms with van der Waals surface area (Å²) >= 11 is 0. The fourth-order valence-corrected chi connectivity index (χ4v) is 3.61. The average molecular weight is 378 g/mol. The average Bonchev–Trinajstić information content (AvgIpc) is 2.61. The van der Waals surface area contributed by atoms with E-state index in [1.165, 1.54) is 43.6 Å². The molecule has 0 aromatic heterocycles. The van der Waals surface area contributed by atoms with E-state index in [4.69, 9.17) is 9.47 Å². The third kappa shape index (κ3) is 4.53. The number of ether oxygens (including phenoxy) is 2. The molecule has 0 radical (unpaired) electrons. The molecule has 2 rings (SSSR count). The van der Waals surface area contributed by atoms with Crippen molar-refractivity contribution in [1.82, 2.24) is 4.31 Å².